The standard InChI is InChI=1S/C47H49N9O10S2/c1-47(2,3)66-46(58)54-27-35(28-54)67(59,60)39-23-22-36(37-8-7-9-38-41(37)50-45(49-38)43(48)57)40(44-51-53-56(52-44)26-31-14-20-34(65-6)21-15-31)42(39)68(61,62)55(24-29-10-16-32(63-4)17-11-29)25-30-12-18-33(64-5)19-13-30/h7-23,35H,24-28H2,1-6H3,(H2,48,57)(H,49,50). The number of aromatic nitrogens is 6. The van der Waals surface area contributed by atoms with Crippen molar-refractivity contribution in [2.45, 2.75) is 61.0 Å². The fourth-order valence-electron chi connectivity index (χ4n) is 7.67. The molecule has 7 aromatic rings. The van der Waals surface area contributed by atoms with Gasteiger partial charge in [0.2, 0.25) is 15.8 Å². The Labute approximate surface area is 392 Å². The number of hydrogen-bond donors (Lipinski definition) is 2. The first-order valence-corrected chi connectivity index (χ1v) is 24.2. The number of amides is 2. The number of imidazole rings is 1. The molecule has 0 radical (unpaired) electrons. The number of methoxy groups -OCH3 is 3. The summed E-state index contributed by atoms with van der Waals surface area (Å²) in [6.07, 6.45) is -0.710. The molecule has 8 rings (SSSR count). The summed E-state index contributed by atoms with van der Waals surface area (Å²) in [4.78, 5) is 34.2. The predicted molar refractivity (Wildman–Crippen MR) is 250 cm³/mol. The lowest BCUT2D eigenvalue weighted by molar-refractivity contribution is 0.0138. The van der Waals surface area contributed by atoms with Gasteiger partial charge in [0.15, 0.2) is 15.7 Å². The van der Waals surface area contributed by atoms with E-state index in [0.29, 0.717) is 39.5 Å². The number of aromatic amines is 1. The molecule has 2 aromatic heterocycles. The van der Waals surface area contributed by atoms with E-state index in [9.17, 15) is 9.59 Å². The van der Waals surface area contributed by atoms with Crippen molar-refractivity contribution in [3.05, 3.63) is 126 Å². The molecule has 0 spiro atoms. The fourth-order valence-corrected chi connectivity index (χ4v) is 11.7. The SMILES string of the molecule is COc1ccc(CN(Cc2ccc(OC)cc2)S(=O)(=O)c2c(S(=O)(=O)C3CN(C(=O)OC(C)(C)C)C3)ccc(-c3cccc4[nH]c(C(N)=O)nc34)c2-c2nnn(Cc3ccc(OC)cc3)n2)cc1. The average Bonchev–Trinajstić information content (AvgIpc) is 3.96. The van der Waals surface area contributed by atoms with E-state index in [0.717, 1.165) is 5.56 Å². The van der Waals surface area contributed by atoms with Crippen LogP contribution in [0.4, 0.5) is 4.79 Å². The van der Waals surface area contributed by atoms with Gasteiger partial charge in [-0.3, -0.25) is 4.79 Å². The largest absolute Gasteiger partial charge is 0.497 e. The van der Waals surface area contributed by atoms with Gasteiger partial charge < -0.3 is 34.6 Å². The van der Waals surface area contributed by atoms with Crippen molar-refractivity contribution in [3.63, 3.8) is 0 Å². The Bertz CT molecular complexity index is 3170. The zero-order valence-electron chi connectivity index (χ0n) is 38.0. The lowest BCUT2D eigenvalue weighted by Crippen LogP contribution is -2.57. The second kappa shape index (κ2) is 18.7. The Morgan fingerprint density at radius 3 is 1.85 bits per heavy atom. The second-order valence-corrected chi connectivity index (χ2v) is 21.1. The number of carbonyl (C=O) groups excluding carboxylic acids is 2. The van der Waals surface area contributed by atoms with Gasteiger partial charge in [-0.25, -0.2) is 26.6 Å². The smallest absolute Gasteiger partial charge is 0.410 e. The quantitative estimate of drug-likeness (QED) is 0.116. The number of ether oxygens (including phenoxy) is 4. The van der Waals surface area contributed by atoms with Gasteiger partial charge in [-0.05, 0) is 96.8 Å². The number of sulfone groups is 1. The first kappa shape index (κ1) is 47.1. The molecular weight excluding hydrogens is 915 g/mol. The molecule has 0 saturated carbocycles. The van der Waals surface area contributed by atoms with E-state index in [4.69, 9.17) is 29.8 Å². The van der Waals surface area contributed by atoms with E-state index in [2.05, 4.69) is 20.3 Å². The number of H-pyrrole nitrogens is 1. The minimum Gasteiger partial charge on any atom is -0.497 e. The van der Waals surface area contributed by atoms with Crippen LogP contribution >= 0.6 is 0 Å². The molecule has 68 heavy (non-hydrogen) atoms. The van der Waals surface area contributed by atoms with Crippen molar-refractivity contribution < 1.29 is 45.4 Å². The number of carbonyl (C=O) groups is 2. The van der Waals surface area contributed by atoms with E-state index in [-0.39, 0.29) is 61.0 Å². The van der Waals surface area contributed by atoms with E-state index in [1.807, 2.05) is 0 Å². The summed E-state index contributed by atoms with van der Waals surface area (Å²) in [5.41, 5.74) is 7.52. The Kier molecular flexibility index (Phi) is 13.0. The summed E-state index contributed by atoms with van der Waals surface area (Å²) in [6, 6.07) is 28.4. The number of para-hydroxylation sites is 1. The number of hydrogen-bond acceptors (Lipinski definition) is 14. The van der Waals surface area contributed by atoms with Crippen molar-refractivity contribution in [2.24, 2.45) is 5.73 Å². The molecule has 21 heteroatoms. The maximum Gasteiger partial charge on any atom is 0.410 e. The van der Waals surface area contributed by atoms with Crippen LogP contribution in [0.15, 0.2) is 113 Å². The van der Waals surface area contributed by atoms with E-state index >= 15 is 16.8 Å². The molecule has 0 unspecified atom stereocenters. The molecule has 1 fully saturated rings. The maximum absolute atomic E-state index is 16.2. The van der Waals surface area contributed by atoms with E-state index < -0.39 is 52.5 Å². The number of nitrogens with one attached hydrogen (secondary N) is 1. The molecule has 5 aromatic carbocycles. The number of benzene rings is 5. The average molecular weight is 964 g/mol. The number of likely N-dealkylation sites (tertiary alicyclic amines) is 1. The number of sulfonamides is 1. The summed E-state index contributed by atoms with van der Waals surface area (Å²) in [6.45, 7) is 4.18. The van der Waals surface area contributed by atoms with Gasteiger partial charge in [0, 0.05) is 31.7 Å². The number of rotatable bonds is 16. The molecular formula is C47H49N9O10S2. The van der Waals surface area contributed by atoms with Crippen LogP contribution in [-0.4, -0.2) is 113 Å². The number of tetrazole rings is 1. The van der Waals surface area contributed by atoms with Crippen molar-refractivity contribution in [1.29, 1.82) is 0 Å². The van der Waals surface area contributed by atoms with Gasteiger partial charge in [-0.15, -0.1) is 10.2 Å². The van der Waals surface area contributed by atoms with Crippen LogP contribution in [0.25, 0.3) is 33.5 Å². The first-order valence-electron chi connectivity index (χ1n) is 21.2. The molecule has 1 aliphatic heterocycles. The fraction of sp³-hybridized carbons (Fsp3) is 0.277. The van der Waals surface area contributed by atoms with Gasteiger partial charge in [-0.2, -0.15) is 9.10 Å². The highest BCUT2D eigenvalue weighted by atomic mass is 32.2. The third-order valence-corrected chi connectivity index (χ3v) is 15.3. The highest BCUT2D eigenvalue weighted by Crippen LogP contribution is 2.44. The number of nitrogens with two attached hydrogens (primary N) is 1. The van der Waals surface area contributed by atoms with Crippen LogP contribution in [0.2, 0.25) is 0 Å². The highest BCUT2D eigenvalue weighted by molar-refractivity contribution is 7.94. The maximum atomic E-state index is 16.2. The Hall–Kier alpha value is -7.36. The number of primary amides is 1. The molecule has 0 atom stereocenters. The molecule has 354 valence electrons. The number of nitrogens with zero attached hydrogens (tertiary/aromatic N) is 7. The van der Waals surface area contributed by atoms with Gasteiger partial charge in [0.25, 0.3) is 5.91 Å². The summed E-state index contributed by atoms with van der Waals surface area (Å²) >= 11 is 0. The molecule has 19 nitrogen and oxygen atoms in total. The summed E-state index contributed by atoms with van der Waals surface area (Å²) in [5, 5.41) is 12.2. The topological polar surface area (TPSA) is 244 Å². The van der Waals surface area contributed by atoms with Crippen LogP contribution in [0, 0.1) is 0 Å². The first-order chi connectivity index (χ1) is 32.4. The second-order valence-electron chi connectivity index (χ2n) is 17.0. The van der Waals surface area contributed by atoms with Crippen LogP contribution in [0.3, 0.4) is 0 Å². The van der Waals surface area contributed by atoms with Gasteiger partial charge >= 0.3 is 6.09 Å². The summed E-state index contributed by atoms with van der Waals surface area (Å²) in [7, 11) is -5.03. The Morgan fingerprint density at radius 1 is 0.765 bits per heavy atom. The van der Waals surface area contributed by atoms with Crippen molar-refractivity contribution in [3.8, 4) is 39.8 Å². The van der Waals surface area contributed by atoms with E-state index in [1.165, 1.54) is 40.4 Å². The third-order valence-electron chi connectivity index (χ3n) is 11.2. The predicted octanol–water partition coefficient (Wildman–Crippen LogP) is 5.84. The summed E-state index contributed by atoms with van der Waals surface area (Å²) in [5.74, 6) is 0.477. The van der Waals surface area contributed by atoms with Crippen molar-refractivity contribution >= 4 is 42.9 Å². The highest BCUT2D eigenvalue weighted by Gasteiger charge is 2.46. The lowest BCUT2D eigenvalue weighted by atomic mass is 9.98. The molecule has 1 saturated heterocycles. The van der Waals surface area contributed by atoms with Crippen LogP contribution in [-0.2, 0) is 44.2 Å². The Morgan fingerprint density at radius 2 is 1.32 bits per heavy atom. The zero-order chi connectivity index (χ0) is 48.5. The third kappa shape index (κ3) is 9.71. The normalized spacial score (nSPS) is 13.4. The number of fused-ring (bicyclic) bond motifs is 1. The molecule has 0 bridgehead atoms. The molecule has 0 aliphatic carbocycles. The minimum atomic E-state index is -4.99. The van der Waals surface area contributed by atoms with Gasteiger partial charge in [-0.1, -0.05) is 54.6 Å². The van der Waals surface area contributed by atoms with Crippen LogP contribution in [0.5, 0.6) is 17.2 Å². The van der Waals surface area contributed by atoms with Crippen molar-refractivity contribution in [1.82, 2.24) is 39.4 Å². The monoisotopic (exact) mass is 963 g/mol. The van der Waals surface area contributed by atoms with E-state index in [1.54, 1.807) is 119 Å². The van der Waals surface area contributed by atoms with Crippen LogP contribution < -0.4 is 19.9 Å². The van der Waals surface area contributed by atoms with Crippen LogP contribution in [0.1, 0.15) is 48.1 Å². The Balaban J connectivity index is 1.38. The van der Waals surface area contributed by atoms with Crippen molar-refractivity contribution in [2.75, 3.05) is 34.4 Å². The summed E-state index contributed by atoms with van der Waals surface area (Å²) < 4.78 is 85.5. The molecule has 1 aliphatic rings. The lowest BCUT2D eigenvalue weighted by Gasteiger charge is -2.39. The van der Waals surface area contributed by atoms with Gasteiger partial charge in [0.05, 0.1) is 49.4 Å². The minimum absolute atomic E-state index is 0.0902. The molecule has 2 amide bonds. The molecule has 3 N–H and O–H groups in total. The zero-order valence-corrected chi connectivity index (χ0v) is 39.7. The molecule has 3 heterocycles. The van der Waals surface area contributed by atoms with Gasteiger partial charge in [0.1, 0.15) is 33.0 Å².